The summed E-state index contributed by atoms with van der Waals surface area (Å²) in [6, 6.07) is 16.3. The molecule has 0 amide bonds. The van der Waals surface area contributed by atoms with Crippen molar-refractivity contribution in [2.75, 3.05) is 0 Å². The van der Waals surface area contributed by atoms with Gasteiger partial charge in [-0.25, -0.2) is 0 Å². The van der Waals surface area contributed by atoms with Crippen molar-refractivity contribution in [3.63, 3.8) is 0 Å². The van der Waals surface area contributed by atoms with Gasteiger partial charge in [0.25, 0.3) is 0 Å². The number of carbonyl (C=O) groups excluding carboxylic acids is 1. The van der Waals surface area contributed by atoms with Crippen LogP contribution in [0.15, 0.2) is 64.4 Å². The summed E-state index contributed by atoms with van der Waals surface area (Å²) in [5, 5.41) is 0. The van der Waals surface area contributed by atoms with Crippen molar-refractivity contribution in [3.8, 4) is 0 Å². The highest BCUT2D eigenvalue weighted by atomic mass is 32.2. The Hall–Kier alpha value is -1.80. The number of allylic oxidation sites excluding steroid dienone is 1. The van der Waals surface area contributed by atoms with Crippen molar-refractivity contribution in [2.24, 2.45) is 5.41 Å². The molecule has 0 atom stereocenters. The van der Waals surface area contributed by atoms with Gasteiger partial charge in [-0.3, -0.25) is 4.79 Å². The molecule has 1 aliphatic carbocycles. The molecule has 0 saturated carbocycles. The normalized spacial score (nSPS) is 16.0. The first-order chi connectivity index (χ1) is 9.56. The van der Waals surface area contributed by atoms with Gasteiger partial charge in [-0.1, -0.05) is 42.1 Å². The summed E-state index contributed by atoms with van der Waals surface area (Å²) in [5.41, 5.74) is 1.46. The third kappa shape index (κ3) is 2.44. The summed E-state index contributed by atoms with van der Waals surface area (Å²) in [5.74, 6) is 0.200. The van der Waals surface area contributed by atoms with E-state index in [-0.39, 0.29) is 11.2 Å². The van der Waals surface area contributed by atoms with Gasteiger partial charge in [0, 0.05) is 20.8 Å². The standard InChI is InChI=1S/C18H16OS/c1-18(2)11-10-13-12-15(8-9-16(13)17(18)19)20-14-6-4-3-5-7-14/h3-12H,1-2H3. The van der Waals surface area contributed by atoms with E-state index in [1.54, 1.807) is 11.8 Å². The van der Waals surface area contributed by atoms with Crippen LogP contribution >= 0.6 is 11.8 Å². The smallest absolute Gasteiger partial charge is 0.172 e. The number of ketones is 1. The molecular weight excluding hydrogens is 264 g/mol. The van der Waals surface area contributed by atoms with Gasteiger partial charge < -0.3 is 0 Å². The van der Waals surface area contributed by atoms with Gasteiger partial charge in [0.1, 0.15) is 0 Å². The molecule has 0 radical (unpaired) electrons. The van der Waals surface area contributed by atoms with Gasteiger partial charge in [-0.15, -0.1) is 0 Å². The first-order valence-electron chi connectivity index (χ1n) is 6.67. The number of rotatable bonds is 2. The predicted octanol–water partition coefficient (Wildman–Crippen LogP) is 5.07. The summed E-state index contributed by atoms with van der Waals surface area (Å²) in [7, 11) is 0. The largest absolute Gasteiger partial charge is 0.293 e. The van der Waals surface area contributed by atoms with E-state index >= 15 is 0 Å². The molecule has 2 aromatic rings. The monoisotopic (exact) mass is 280 g/mol. The molecule has 2 aromatic carbocycles. The molecule has 3 rings (SSSR count). The second-order valence-electron chi connectivity index (χ2n) is 5.55. The van der Waals surface area contributed by atoms with Gasteiger partial charge in [0.2, 0.25) is 0 Å². The van der Waals surface area contributed by atoms with Crippen LogP contribution in [0.4, 0.5) is 0 Å². The van der Waals surface area contributed by atoms with Crippen molar-refractivity contribution in [3.05, 3.63) is 65.7 Å². The van der Waals surface area contributed by atoms with Crippen LogP contribution in [-0.4, -0.2) is 5.78 Å². The quantitative estimate of drug-likeness (QED) is 0.763. The highest BCUT2D eigenvalue weighted by molar-refractivity contribution is 7.99. The fraction of sp³-hybridized carbons (Fsp3) is 0.167. The van der Waals surface area contributed by atoms with E-state index < -0.39 is 0 Å². The lowest BCUT2D eigenvalue weighted by Gasteiger charge is -2.24. The lowest BCUT2D eigenvalue weighted by Crippen LogP contribution is -2.25. The number of fused-ring (bicyclic) bond motifs is 1. The Morgan fingerprint density at radius 3 is 2.45 bits per heavy atom. The van der Waals surface area contributed by atoms with Crippen LogP contribution in [-0.2, 0) is 0 Å². The van der Waals surface area contributed by atoms with Crippen molar-refractivity contribution in [2.45, 2.75) is 23.6 Å². The Morgan fingerprint density at radius 1 is 0.950 bits per heavy atom. The molecule has 2 heteroatoms. The van der Waals surface area contributed by atoms with Gasteiger partial charge in [0.15, 0.2) is 5.78 Å². The predicted molar refractivity (Wildman–Crippen MR) is 84.2 cm³/mol. The molecule has 100 valence electrons. The van der Waals surface area contributed by atoms with Crippen molar-refractivity contribution < 1.29 is 4.79 Å². The summed E-state index contributed by atoms with van der Waals surface area (Å²) < 4.78 is 0. The molecular formula is C18H16OS. The molecule has 0 N–H and O–H groups in total. The Kier molecular flexibility index (Phi) is 3.27. The molecule has 0 unspecified atom stereocenters. The first-order valence-corrected chi connectivity index (χ1v) is 7.49. The van der Waals surface area contributed by atoms with Crippen LogP contribution in [0.5, 0.6) is 0 Å². The lowest BCUT2D eigenvalue weighted by molar-refractivity contribution is 0.0883. The Labute approximate surface area is 123 Å². The average Bonchev–Trinajstić information content (AvgIpc) is 2.45. The van der Waals surface area contributed by atoms with E-state index in [1.807, 2.05) is 50.3 Å². The minimum Gasteiger partial charge on any atom is -0.293 e. The van der Waals surface area contributed by atoms with Gasteiger partial charge in [-0.2, -0.15) is 0 Å². The minimum absolute atomic E-state index is 0.200. The lowest BCUT2D eigenvalue weighted by atomic mass is 9.78. The van der Waals surface area contributed by atoms with Gasteiger partial charge in [-0.05, 0) is 49.7 Å². The summed E-state index contributed by atoms with van der Waals surface area (Å²) in [6.07, 6.45) is 4.06. The summed E-state index contributed by atoms with van der Waals surface area (Å²) in [4.78, 5) is 14.7. The third-order valence-corrected chi connectivity index (χ3v) is 4.51. The molecule has 0 heterocycles. The van der Waals surface area contributed by atoms with Crippen LogP contribution in [0.25, 0.3) is 6.08 Å². The molecule has 1 nitrogen and oxygen atoms in total. The van der Waals surface area contributed by atoms with Gasteiger partial charge in [0.05, 0.1) is 0 Å². The van der Waals surface area contributed by atoms with E-state index in [2.05, 4.69) is 24.3 Å². The SMILES string of the molecule is CC1(C)C=Cc2cc(Sc3ccccc3)ccc2C1=O. The Bertz CT molecular complexity index is 684. The van der Waals surface area contributed by atoms with Crippen molar-refractivity contribution in [1.29, 1.82) is 0 Å². The van der Waals surface area contributed by atoms with E-state index in [4.69, 9.17) is 0 Å². The number of hydrogen-bond acceptors (Lipinski definition) is 2. The Balaban J connectivity index is 1.93. The molecule has 0 aliphatic heterocycles. The van der Waals surface area contributed by atoms with Crippen molar-refractivity contribution in [1.82, 2.24) is 0 Å². The fourth-order valence-electron chi connectivity index (χ4n) is 2.29. The van der Waals surface area contributed by atoms with Crippen LogP contribution < -0.4 is 0 Å². The second-order valence-corrected chi connectivity index (χ2v) is 6.70. The van der Waals surface area contributed by atoms with Crippen LogP contribution in [0, 0.1) is 5.41 Å². The molecule has 0 spiro atoms. The third-order valence-electron chi connectivity index (χ3n) is 3.51. The zero-order chi connectivity index (χ0) is 14.2. The minimum atomic E-state index is -0.388. The molecule has 0 saturated heterocycles. The highest BCUT2D eigenvalue weighted by Gasteiger charge is 2.30. The molecule has 0 aromatic heterocycles. The van der Waals surface area contributed by atoms with E-state index in [0.29, 0.717) is 0 Å². The molecule has 1 aliphatic rings. The number of hydrogen-bond donors (Lipinski definition) is 0. The van der Waals surface area contributed by atoms with Crippen LogP contribution in [0.1, 0.15) is 29.8 Å². The van der Waals surface area contributed by atoms with Crippen molar-refractivity contribution >= 4 is 23.6 Å². The second kappa shape index (κ2) is 4.95. The first kappa shape index (κ1) is 13.2. The zero-order valence-corrected chi connectivity index (χ0v) is 12.4. The number of Topliss-reactive ketones (excluding diaryl/α,β-unsaturated/α-hetero) is 1. The van der Waals surface area contributed by atoms with Crippen LogP contribution in [0.3, 0.4) is 0 Å². The van der Waals surface area contributed by atoms with E-state index in [1.165, 1.54) is 4.90 Å². The van der Waals surface area contributed by atoms with Crippen LogP contribution in [0.2, 0.25) is 0 Å². The number of carbonyl (C=O) groups is 1. The highest BCUT2D eigenvalue weighted by Crippen LogP contribution is 2.35. The average molecular weight is 280 g/mol. The maximum Gasteiger partial charge on any atom is 0.172 e. The maximum atomic E-state index is 12.3. The zero-order valence-electron chi connectivity index (χ0n) is 11.6. The topological polar surface area (TPSA) is 17.1 Å². The number of benzene rings is 2. The maximum absolute atomic E-state index is 12.3. The van der Waals surface area contributed by atoms with E-state index in [0.717, 1.165) is 16.0 Å². The summed E-state index contributed by atoms with van der Waals surface area (Å²) >= 11 is 1.72. The van der Waals surface area contributed by atoms with E-state index in [9.17, 15) is 4.79 Å². The molecule has 20 heavy (non-hydrogen) atoms. The summed E-state index contributed by atoms with van der Waals surface area (Å²) in [6.45, 7) is 3.92. The van der Waals surface area contributed by atoms with Gasteiger partial charge >= 0.3 is 0 Å². The molecule has 0 fully saturated rings. The molecule has 0 bridgehead atoms. The Morgan fingerprint density at radius 2 is 1.70 bits per heavy atom. The fourth-order valence-corrected chi connectivity index (χ4v) is 3.18.